The van der Waals surface area contributed by atoms with Crippen LogP contribution >= 0.6 is 0 Å². The van der Waals surface area contributed by atoms with Crippen molar-refractivity contribution in [2.24, 2.45) is 11.8 Å². The molecule has 2 nitrogen and oxygen atoms in total. The Morgan fingerprint density at radius 2 is 1.65 bits per heavy atom. The molecule has 1 aliphatic rings. The Morgan fingerprint density at radius 3 is 2.15 bits per heavy atom. The summed E-state index contributed by atoms with van der Waals surface area (Å²) in [5.74, 6) is -1.74. The Bertz CT molecular complexity index is 427. The van der Waals surface area contributed by atoms with Gasteiger partial charge in [-0.15, -0.1) is 6.07 Å². The van der Waals surface area contributed by atoms with Crippen molar-refractivity contribution >= 4 is 5.97 Å². The van der Waals surface area contributed by atoms with Gasteiger partial charge in [-0.1, -0.05) is 19.1 Å². The second-order valence-corrected chi connectivity index (χ2v) is 4.89. The van der Waals surface area contributed by atoms with E-state index in [1.54, 1.807) is 0 Å². The Hall–Kier alpha value is 0.758. The number of hydrogen-bond acceptors (Lipinski definition) is 2. The summed E-state index contributed by atoms with van der Waals surface area (Å²) >= 11 is 0. The van der Waals surface area contributed by atoms with Crippen LogP contribution in [-0.2, 0) is 70.2 Å². The second kappa shape index (κ2) is 9.71. The molecule has 0 aliphatic heterocycles. The normalized spacial score (nSPS) is 21.4. The molecule has 1 fully saturated rings. The quantitative estimate of drug-likeness (QED) is 0.408. The summed E-state index contributed by atoms with van der Waals surface area (Å²) in [5.41, 5.74) is 0. The third-order valence-corrected chi connectivity index (χ3v) is 3.34. The fourth-order valence-electron chi connectivity index (χ4n) is 2.23. The molecule has 6 heteroatoms. The SMILES string of the molecule is CC1CCC(C(=O)Oc2cc(F)[c-]c(F)c2)CC1.[Y].[Y]. The summed E-state index contributed by atoms with van der Waals surface area (Å²) < 4.78 is 30.8. The Morgan fingerprint density at radius 1 is 1.15 bits per heavy atom. The van der Waals surface area contributed by atoms with Crippen LogP contribution in [0.4, 0.5) is 8.78 Å². The molecular formula is C14H15F2O2Y2-. The zero-order valence-corrected chi connectivity index (χ0v) is 17.0. The minimum Gasteiger partial charge on any atom is -0.453 e. The summed E-state index contributed by atoms with van der Waals surface area (Å²) in [4.78, 5) is 11.8. The topological polar surface area (TPSA) is 26.3 Å². The van der Waals surface area contributed by atoms with E-state index in [0.717, 1.165) is 37.8 Å². The molecule has 20 heavy (non-hydrogen) atoms. The zero-order chi connectivity index (χ0) is 13.1. The van der Waals surface area contributed by atoms with Crippen LogP contribution in [0.15, 0.2) is 12.1 Å². The van der Waals surface area contributed by atoms with E-state index in [4.69, 9.17) is 4.74 Å². The Kier molecular flexibility index (Phi) is 10.1. The van der Waals surface area contributed by atoms with Gasteiger partial charge in [0.15, 0.2) is 0 Å². The first kappa shape index (κ1) is 20.8. The maximum absolute atomic E-state index is 12.9. The minimum atomic E-state index is -0.866. The summed E-state index contributed by atoms with van der Waals surface area (Å²) in [7, 11) is 0. The molecule has 0 heterocycles. The fraction of sp³-hybridized carbons (Fsp3) is 0.500. The van der Waals surface area contributed by atoms with Crippen molar-refractivity contribution in [1.82, 2.24) is 0 Å². The molecule has 0 unspecified atom stereocenters. The van der Waals surface area contributed by atoms with Crippen molar-refractivity contribution in [3.63, 3.8) is 0 Å². The molecule has 1 aliphatic carbocycles. The largest absolute Gasteiger partial charge is 0.453 e. The zero-order valence-electron chi connectivity index (χ0n) is 11.4. The predicted octanol–water partition coefficient (Wildman–Crippen LogP) is 3.49. The van der Waals surface area contributed by atoms with Gasteiger partial charge in [-0.25, -0.2) is 8.78 Å². The number of ether oxygens (including phenoxy) is 1. The number of hydrogen-bond donors (Lipinski definition) is 0. The number of rotatable bonds is 2. The smallest absolute Gasteiger partial charge is 0.312 e. The molecule has 104 valence electrons. The summed E-state index contributed by atoms with van der Waals surface area (Å²) in [6, 6.07) is 3.77. The van der Waals surface area contributed by atoms with Crippen LogP contribution in [0.25, 0.3) is 0 Å². The van der Waals surface area contributed by atoms with Gasteiger partial charge in [-0.3, -0.25) is 4.79 Å². The van der Waals surface area contributed by atoms with Crippen molar-refractivity contribution in [2.75, 3.05) is 0 Å². The maximum Gasteiger partial charge on any atom is 0.312 e. The van der Waals surface area contributed by atoms with Crippen molar-refractivity contribution in [2.45, 2.75) is 32.6 Å². The van der Waals surface area contributed by atoms with E-state index in [0.29, 0.717) is 5.92 Å². The van der Waals surface area contributed by atoms with Crippen LogP contribution in [0.5, 0.6) is 5.75 Å². The van der Waals surface area contributed by atoms with E-state index in [2.05, 4.69) is 6.92 Å². The summed E-state index contributed by atoms with van der Waals surface area (Å²) in [6.45, 7) is 2.15. The molecule has 2 radical (unpaired) electrons. The molecule has 0 bridgehead atoms. The molecule has 1 saturated carbocycles. The van der Waals surface area contributed by atoms with Crippen molar-refractivity contribution in [3.05, 3.63) is 29.8 Å². The number of carbonyl (C=O) groups is 1. The van der Waals surface area contributed by atoms with Gasteiger partial charge in [0.1, 0.15) is 0 Å². The van der Waals surface area contributed by atoms with Crippen molar-refractivity contribution in [3.8, 4) is 5.75 Å². The van der Waals surface area contributed by atoms with Crippen LogP contribution in [0.1, 0.15) is 32.6 Å². The van der Waals surface area contributed by atoms with Crippen LogP contribution < -0.4 is 4.74 Å². The predicted molar refractivity (Wildman–Crippen MR) is 62.0 cm³/mol. The monoisotopic (exact) mass is 431 g/mol. The van der Waals surface area contributed by atoms with Gasteiger partial charge in [-0.05, 0) is 31.6 Å². The molecule has 0 N–H and O–H groups in total. The Labute approximate surface area is 168 Å². The first-order chi connectivity index (χ1) is 8.54. The first-order valence-electron chi connectivity index (χ1n) is 6.14. The minimum absolute atomic E-state index is 0. The number of halogens is 2. The molecule has 1 aromatic carbocycles. The van der Waals surface area contributed by atoms with Gasteiger partial charge in [-0.2, -0.15) is 0 Å². The molecule has 1 aromatic rings. The Balaban J connectivity index is 0.00000180. The van der Waals surface area contributed by atoms with Gasteiger partial charge < -0.3 is 4.74 Å². The van der Waals surface area contributed by atoms with Gasteiger partial charge in [0.2, 0.25) is 0 Å². The van der Waals surface area contributed by atoms with E-state index in [1.165, 1.54) is 0 Å². The molecule has 0 saturated heterocycles. The summed E-state index contributed by atoms with van der Waals surface area (Å²) in [5, 5.41) is 0. The van der Waals surface area contributed by atoms with Crippen LogP contribution in [0, 0.1) is 29.5 Å². The molecule has 0 spiro atoms. The van der Waals surface area contributed by atoms with Gasteiger partial charge in [0, 0.05) is 82.8 Å². The third kappa shape index (κ3) is 6.25. The standard InChI is InChI=1S/C14H15F2O2.2Y/c1-9-2-4-10(5-3-9)14(17)18-13-7-11(15)6-12(16)8-13;;/h7-10H,2-5H2,1H3;;/q-1;;. The van der Waals surface area contributed by atoms with E-state index in [-0.39, 0.29) is 77.1 Å². The van der Waals surface area contributed by atoms with Gasteiger partial charge in [0.25, 0.3) is 0 Å². The molecule has 0 atom stereocenters. The van der Waals surface area contributed by atoms with E-state index in [9.17, 15) is 13.6 Å². The van der Waals surface area contributed by atoms with Crippen molar-refractivity contribution in [1.29, 1.82) is 0 Å². The van der Waals surface area contributed by atoms with E-state index < -0.39 is 17.6 Å². The number of esters is 1. The number of carbonyl (C=O) groups excluding carboxylic acids is 1. The van der Waals surface area contributed by atoms with Gasteiger partial charge >= 0.3 is 5.97 Å². The third-order valence-electron chi connectivity index (χ3n) is 3.34. The second-order valence-electron chi connectivity index (χ2n) is 4.89. The van der Waals surface area contributed by atoms with Crippen LogP contribution in [-0.4, -0.2) is 5.97 Å². The summed E-state index contributed by atoms with van der Waals surface area (Å²) in [6.07, 6.45) is 3.55. The average Bonchev–Trinajstić information content (AvgIpc) is 2.28. The average molecular weight is 431 g/mol. The van der Waals surface area contributed by atoms with E-state index >= 15 is 0 Å². The van der Waals surface area contributed by atoms with Crippen LogP contribution in [0.3, 0.4) is 0 Å². The molecule has 2 rings (SSSR count). The number of benzene rings is 1. The molecule has 0 aromatic heterocycles. The fourth-order valence-corrected chi connectivity index (χ4v) is 2.23. The molecular weight excluding hydrogens is 416 g/mol. The van der Waals surface area contributed by atoms with Crippen LogP contribution in [0.2, 0.25) is 0 Å². The molecule has 0 amide bonds. The first-order valence-corrected chi connectivity index (χ1v) is 6.14. The van der Waals surface area contributed by atoms with Crippen molar-refractivity contribution < 1.29 is 83.7 Å². The van der Waals surface area contributed by atoms with Gasteiger partial charge in [0.05, 0.1) is 5.92 Å². The van der Waals surface area contributed by atoms with E-state index in [1.807, 2.05) is 6.07 Å². The maximum atomic E-state index is 12.9.